The van der Waals surface area contributed by atoms with Gasteiger partial charge in [-0.3, -0.25) is 29.4 Å². The van der Waals surface area contributed by atoms with Crippen molar-refractivity contribution in [3.8, 4) is 11.5 Å². The normalized spacial score (nSPS) is 21.5. The lowest BCUT2D eigenvalue weighted by Crippen LogP contribution is -2.66. The molecule has 4 aromatic rings. The number of nitrogens with one attached hydrogen (secondary N) is 1. The smallest absolute Gasteiger partial charge is 0.262 e. The van der Waals surface area contributed by atoms with E-state index in [1.54, 1.807) is 18.3 Å². The Morgan fingerprint density at radius 2 is 1.55 bits per heavy atom. The maximum Gasteiger partial charge on any atom is 0.262 e. The summed E-state index contributed by atoms with van der Waals surface area (Å²) in [7, 11) is 0. The van der Waals surface area contributed by atoms with Gasteiger partial charge in [-0.2, -0.15) is 0 Å². The van der Waals surface area contributed by atoms with Gasteiger partial charge < -0.3 is 24.0 Å². The van der Waals surface area contributed by atoms with E-state index in [0.717, 1.165) is 90.5 Å². The number of hydrogen-bond acceptors (Lipinski definition) is 11. The lowest BCUT2D eigenvalue weighted by Gasteiger charge is -2.54. The first-order valence-electron chi connectivity index (χ1n) is 19.3. The predicted octanol–water partition coefficient (Wildman–Crippen LogP) is 4.67. The van der Waals surface area contributed by atoms with E-state index in [9.17, 15) is 19.2 Å². The Balaban J connectivity index is 0.792. The molecule has 5 aliphatic rings. The molecule has 1 spiro atoms. The second kappa shape index (κ2) is 14.0. The molecule has 9 rings (SSSR count). The van der Waals surface area contributed by atoms with Gasteiger partial charge in [-0.05, 0) is 78.9 Å². The highest BCUT2D eigenvalue weighted by Crippen LogP contribution is 2.39. The van der Waals surface area contributed by atoms with Gasteiger partial charge in [-0.1, -0.05) is 38.1 Å². The molecule has 2 atom stereocenters. The molecule has 0 aliphatic carbocycles. The fourth-order valence-electron chi connectivity index (χ4n) is 8.53. The maximum absolute atomic E-state index is 13.4. The molecular weight excluding hydrogens is 713 g/mol. The molecule has 1 N–H and O–H groups in total. The standard InChI is InChI=1S/C43H44N6O7/c1-42(2,27-5-10-32(11-6-27)55-21-29-17-18-44-41(45-29)47-23-43(24-47)25-54-26-43)28-7-12-33(13-8-28)56-22-31-4-3-19-48(31)30-9-14-34-35(20-30)40(53)49(39(34)52)36-15-16-37(50)46-38(36)51/h5-14,17-18,20,31,36H,3-4,15-16,19,21-26H2,1-2H3,(H,46,50,51)/t31-,36?/m1/s1. The van der Waals surface area contributed by atoms with E-state index < -0.39 is 29.7 Å². The molecule has 1 unspecified atom stereocenters. The minimum absolute atomic E-state index is 0.0790. The number of fused-ring (bicyclic) bond motifs is 1. The zero-order valence-corrected chi connectivity index (χ0v) is 31.5. The van der Waals surface area contributed by atoms with Crippen molar-refractivity contribution >= 4 is 35.3 Å². The summed E-state index contributed by atoms with van der Waals surface area (Å²) in [6.45, 7) is 9.55. The molecule has 5 aliphatic heterocycles. The molecule has 4 saturated heterocycles. The summed E-state index contributed by atoms with van der Waals surface area (Å²) in [5.41, 5.74) is 4.57. The van der Waals surface area contributed by atoms with Crippen molar-refractivity contribution in [2.24, 2.45) is 5.41 Å². The van der Waals surface area contributed by atoms with Crippen LogP contribution >= 0.6 is 0 Å². The minimum Gasteiger partial charge on any atom is -0.491 e. The summed E-state index contributed by atoms with van der Waals surface area (Å²) in [5, 5.41) is 2.24. The van der Waals surface area contributed by atoms with E-state index in [0.29, 0.717) is 18.6 Å². The average molecular weight is 757 g/mol. The molecule has 3 aromatic carbocycles. The van der Waals surface area contributed by atoms with Gasteiger partial charge in [0.25, 0.3) is 11.8 Å². The van der Waals surface area contributed by atoms with E-state index in [-0.39, 0.29) is 35.4 Å². The Bertz CT molecular complexity index is 2200. The average Bonchev–Trinajstić information content (AvgIpc) is 3.74. The van der Waals surface area contributed by atoms with Crippen molar-refractivity contribution in [1.29, 1.82) is 0 Å². The number of amides is 4. The van der Waals surface area contributed by atoms with Crippen LogP contribution in [0.5, 0.6) is 11.5 Å². The van der Waals surface area contributed by atoms with Gasteiger partial charge in [0.2, 0.25) is 17.8 Å². The van der Waals surface area contributed by atoms with Gasteiger partial charge in [-0.25, -0.2) is 9.97 Å². The molecule has 4 fully saturated rings. The monoisotopic (exact) mass is 756 g/mol. The fraction of sp³-hybridized carbons (Fsp3) is 0.395. The molecule has 0 bridgehead atoms. The van der Waals surface area contributed by atoms with Crippen LogP contribution in [-0.2, 0) is 26.3 Å². The van der Waals surface area contributed by atoms with E-state index in [1.807, 2.05) is 36.4 Å². The molecule has 4 amide bonds. The van der Waals surface area contributed by atoms with Gasteiger partial charge in [0.1, 0.15) is 30.8 Å². The Morgan fingerprint density at radius 1 is 0.857 bits per heavy atom. The van der Waals surface area contributed by atoms with E-state index >= 15 is 0 Å². The Kier molecular flexibility index (Phi) is 8.99. The van der Waals surface area contributed by atoms with E-state index in [4.69, 9.17) is 19.2 Å². The molecule has 0 saturated carbocycles. The fourth-order valence-corrected chi connectivity index (χ4v) is 8.53. The van der Waals surface area contributed by atoms with E-state index in [1.165, 1.54) is 0 Å². The van der Waals surface area contributed by atoms with Crippen LogP contribution in [0.4, 0.5) is 11.6 Å². The van der Waals surface area contributed by atoms with Crippen LogP contribution in [0, 0.1) is 5.41 Å². The van der Waals surface area contributed by atoms with E-state index in [2.05, 4.69) is 58.2 Å². The minimum atomic E-state index is -0.990. The summed E-state index contributed by atoms with van der Waals surface area (Å²) < 4.78 is 17.8. The second-order valence-electron chi connectivity index (χ2n) is 16.1. The number of hydrogen-bond donors (Lipinski definition) is 1. The molecule has 288 valence electrons. The number of rotatable bonds is 11. The third-order valence-corrected chi connectivity index (χ3v) is 12.0. The first-order valence-corrected chi connectivity index (χ1v) is 19.3. The zero-order valence-electron chi connectivity index (χ0n) is 31.5. The first kappa shape index (κ1) is 35.9. The SMILES string of the molecule is CC(C)(c1ccc(OCc2ccnc(N3CC4(COC4)C3)n2)cc1)c1ccc(OC[C@H]2CCCN2c2ccc3c(c2)C(=O)N(C2CCC(=O)NC2=O)C3=O)cc1. The third-order valence-electron chi connectivity index (χ3n) is 12.0. The second-order valence-corrected chi connectivity index (χ2v) is 16.1. The van der Waals surface area contributed by atoms with Crippen molar-refractivity contribution in [1.82, 2.24) is 20.2 Å². The van der Waals surface area contributed by atoms with Crippen molar-refractivity contribution in [2.45, 2.75) is 63.6 Å². The lowest BCUT2D eigenvalue weighted by atomic mass is 9.78. The summed E-state index contributed by atoms with van der Waals surface area (Å²) >= 11 is 0. The molecule has 0 radical (unpaired) electrons. The van der Waals surface area contributed by atoms with Gasteiger partial charge in [0, 0.05) is 43.4 Å². The maximum atomic E-state index is 13.4. The van der Waals surface area contributed by atoms with Gasteiger partial charge in [0.05, 0.1) is 41.5 Å². The summed E-state index contributed by atoms with van der Waals surface area (Å²) in [5.74, 6) is 0.266. The summed E-state index contributed by atoms with van der Waals surface area (Å²) in [6, 6.07) is 22.7. The number of aromatic nitrogens is 2. The van der Waals surface area contributed by atoms with Crippen molar-refractivity contribution in [3.05, 3.63) is 107 Å². The largest absolute Gasteiger partial charge is 0.491 e. The summed E-state index contributed by atoms with van der Waals surface area (Å²) in [6.07, 6.45) is 3.89. The quantitative estimate of drug-likeness (QED) is 0.214. The Hall–Kier alpha value is -5.82. The van der Waals surface area contributed by atoms with Crippen LogP contribution in [0.2, 0.25) is 0 Å². The van der Waals surface area contributed by atoms with Gasteiger partial charge in [-0.15, -0.1) is 0 Å². The van der Waals surface area contributed by atoms with Crippen molar-refractivity contribution in [2.75, 3.05) is 49.3 Å². The number of ether oxygens (including phenoxy) is 3. The molecule has 6 heterocycles. The highest BCUT2D eigenvalue weighted by Gasteiger charge is 2.50. The van der Waals surface area contributed by atoms with Crippen LogP contribution in [0.3, 0.4) is 0 Å². The Labute approximate surface area is 324 Å². The van der Waals surface area contributed by atoms with Gasteiger partial charge in [0.15, 0.2) is 0 Å². The number of piperidine rings is 1. The number of carbonyl (C=O) groups excluding carboxylic acids is 4. The number of carbonyl (C=O) groups is 4. The van der Waals surface area contributed by atoms with Crippen molar-refractivity contribution < 1.29 is 33.4 Å². The number of benzene rings is 3. The molecule has 1 aromatic heterocycles. The number of anilines is 2. The van der Waals surface area contributed by atoms with Crippen LogP contribution < -0.4 is 24.6 Å². The highest BCUT2D eigenvalue weighted by molar-refractivity contribution is 6.23. The van der Waals surface area contributed by atoms with Crippen molar-refractivity contribution in [3.63, 3.8) is 0 Å². The number of imide groups is 2. The lowest BCUT2D eigenvalue weighted by molar-refractivity contribution is -0.136. The molecular formula is C43H44N6O7. The Morgan fingerprint density at radius 3 is 2.23 bits per heavy atom. The van der Waals surface area contributed by atoms with Crippen LogP contribution in [0.1, 0.15) is 77.1 Å². The highest BCUT2D eigenvalue weighted by atomic mass is 16.5. The number of nitrogens with zero attached hydrogens (tertiary/aromatic N) is 5. The summed E-state index contributed by atoms with van der Waals surface area (Å²) in [4.78, 5) is 65.3. The third kappa shape index (κ3) is 6.53. The van der Waals surface area contributed by atoms with Crippen LogP contribution in [-0.4, -0.2) is 90.0 Å². The molecule has 13 heteroatoms. The first-order chi connectivity index (χ1) is 27.1. The zero-order chi connectivity index (χ0) is 38.6. The molecule has 56 heavy (non-hydrogen) atoms. The predicted molar refractivity (Wildman–Crippen MR) is 206 cm³/mol. The van der Waals surface area contributed by atoms with Crippen LogP contribution in [0.25, 0.3) is 0 Å². The van der Waals surface area contributed by atoms with Gasteiger partial charge >= 0.3 is 0 Å². The van der Waals surface area contributed by atoms with Crippen LogP contribution in [0.15, 0.2) is 79.0 Å². The molecule has 13 nitrogen and oxygen atoms in total. The topological polar surface area (TPSA) is 144 Å².